The predicted molar refractivity (Wildman–Crippen MR) is 68.2 cm³/mol. The highest BCUT2D eigenvalue weighted by molar-refractivity contribution is 5.93. The third-order valence-corrected chi connectivity index (χ3v) is 2.66. The highest BCUT2D eigenvalue weighted by atomic mass is 16.3. The molecule has 0 atom stereocenters. The van der Waals surface area contributed by atoms with Crippen molar-refractivity contribution in [3.05, 3.63) is 53.2 Å². The molecule has 19 heavy (non-hydrogen) atoms. The quantitative estimate of drug-likeness (QED) is 0.842. The first kappa shape index (κ1) is 12.8. The lowest BCUT2D eigenvalue weighted by atomic mass is 10.2. The summed E-state index contributed by atoms with van der Waals surface area (Å²) in [6.45, 7) is 2.25. The molecule has 0 spiro atoms. The van der Waals surface area contributed by atoms with Crippen LogP contribution in [0.25, 0.3) is 0 Å². The maximum atomic E-state index is 12.1. The Bertz CT molecular complexity index is 623. The van der Waals surface area contributed by atoms with Gasteiger partial charge in [0.2, 0.25) is 0 Å². The van der Waals surface area contributed by atoms with Crippen molar-refractivity contribution in [2.75, 3.05) is 7.05 Å². The normalized spacial score (nSPS) is 9.95. The molecule has 0 saturated carbocycles. The second-order valence-electron chi connectivity index (χ2n) is 4.22. The molecule has 0 unspecified atom stereocenters. The van der Waals surface area contributed by atoms with Crippen molar-refractivity contribution < 1.29 is 9.21 Å². The molecule has 0 fully saturated rings. The molecule has 0 aromatic carbocycles. The molecule has 0 N–H and O–H groups in total. The summed E-state index contributed by atoms with van der Waals surface area (Å²) in [5, 5.41) is 8.65. The van der Waals surface area contributed by atoms with Crippen molar-refractivity contribution in [3.63, 3.8) is 0 Å². The van der Waals surface area contributed by atoms with E-state index in [0.717, 1.165) is 11.5 Å². The number of amides is 1. The lowest BCUT2D eigenvalue weighted by Gasteiger charge is -2.15. The van der Waals surface area contributed by atoms with Gasteiger partial charge in [0.15, 0.2) is 0 Å². The average Bonchev–Trinajstić information content (AvgIpc) is 2.83. The van der Waals surface area contributed by atoms with Crippen LogP contribution in [0.15, 0.2) is 34.9 Å². The number of hydrogen-bond acceptors (Lipinski definition) is 4. The Balaban J connectivity index is 2.08. The van der Waals surface area contributed by atoms with E-state index in [4.69, 9.17) is 9.68 Å². The first-order valence-electron chi connectivity index (χ1n) is 5.77. The Kier molecular flexibility index (Phi) is 3.62. The van der Waals surface area contributed by atoms with Gasteiger partial charge >= 0.3 is 0 Å². The third-order valence-electron chi connectivity index (χ3n) is 2.66. The zero-order chi connectivity index (χ0) is 13.8. The van der Waals surface area contributed by atoms with Crippen LogP contribution in [0.5, 0.6) is 0 Å². The number of pyridine rings is 1. The summed E-state index contributed by atoms with van der Waals surface area (Å²) in [6, 6.07) is 8.74. The minimum atomic E-state index is -0.161. The van der Waals surface area contributed by atoms with Crippen LogP contribution in [0.2, 0.25) is 0 Å². The van der Waals surface area contributed by atoms with E-state index < -0.39 is 0 Å². The molecule has 0 bridgehead atoms. The fourth-order valence-corrected chi connectivity index (χ4v) is 1.68. The summed E-state index contributed by atoms with van der Waals surface area (Å²) in [5.74, 6) is 1.39. The molecule has 2 aromatic rings. The van der Waals surface area contributed by atoms with E-state index >= 15 is 0 Å². The molecular weight excluding hydrogens is 242 g/mol. The van der Waals surface area contributed by atoms with Crippen LogP contribution in [0.4, 0.5) is 0 Å². The van der Waals surface area contributed by atoms with Gasteiger partial charge in [0.1, 0.15) is 23.3 Å². The van der Waals surface area contributed by atoms with Crippen LogP contribution in [0, 0.1) is 18.3 Å². The second kappa shape index (κ2) is 5.36. The lowest BCUT2D eigenvalue weighted by Crippen LogP contribution is -2.26. The molecule has 2 heterocycles. The van der Waals surface area contributed by atoms with E-state index in [1.807, 2.05) is 25.1 Å². The Labute approximate surface area is 111 Å². The van der Waals surface area contributed by atoms with Crippen molar-refractivity contribution in [1.29, 1.82) is 5.26 Å². The number of carbonyl (C=O) groups excluding carboxylic acids is 1. The fraction of sp³-hybridized carbons (Fsp3) is 0.214. The van der Waals surface area contributed by atoms with Gasteiger partial charge in [-0.05, 0) is 31.2 Å². The van der Waals surface area contributed by atoms with Gasteiger partial charge in [0.25, 0.3) is 5.91 Å². The molecule has 96 valence electrons. The minimum Gasteiger partial charge on any atom is -0.464 e. The van der Waals surface area contributed by atoms with Crippen LogP contribution in [-0.4, -0.2) is 22.8 Å². The summed E-state index contributed by atoms with van der Waals surface area (Å²) in [4.78, 5) is 17.5. The monoisotopic (exact) mass is 255 g/mol. The summed E-state index contributed by atoms with van der Waals surface area (Å²) in [7, 11) is 1.69. The van der Waals surface area contributed by atoms with Crippen molar-refractivity contribution in [2.45, 2.75) is 13.5 Å². The molecule has 2 rings (SSSR count). The van der Waals surface area contributed by atoms with E-state index in [1.165, 1.54) is 12.3 Å². The molecule has 1 amide bonds. The molecule has 0 aliphatic heterocycles. The molecule has 0 aliphatic carbocycles. The molecule has 5 nitrogen and oxygen atoms in total. The van der Waals surface area contributed by atoms with E-state index in [9.17, 15) is 4.79 Å². The zero-order valence-corrected chi connectivity index (χ0v) is 10.8. The Morgan fingerprint density at radius 1 is 1.42 bits per heavy atom. The summed E-state index contributed by atoms with van der Waals surface area (Å²) in [6.07, 6.45) is 1.41. The molecule has 2 aromatic heterocycles. The van der Waals surface area contributed by atoms with E-state index in [2.05, 4.69) is 4.98 Å². The first-order valence-corrected chi connectivity index (χ1v) is 5.77. The minimum absolute atomic E-state index is 0.161. The number of carbonyl (C=O) groups is 1. The number of aryl methyl sites for hydroxylation is 1. The van der Waals surface area contributed by atoms with Crippen molar-refractivity contribution in [2.24, 2.45) is 0 Å². The molecular formula is C14H13N3O2. The Morgan fingerprint density at radius 2 is 2.21 bits per heavy atom. The standard InChI is InChI=1S/C14H13N3O2/c1-10-3-6-13(19-10)9-17(2)14(18)11-4-5-12(7-15)16-8-11/h3-6,8H,9H2,1-2H3. The third kappa shape index (κ3) is 2.99. The topological polar surface area (TPSA) is 70.1 Å². The van der Waals surface area contributed by atoms with Gasteiger partial charge in [-0.1, -0.05) is 0 Å². The maximum Gasteiger partial charge on any atom is 0.255 e. The van der Waals surface area contributed by atoms with Gasteiger partial charge in [0, 0.05) is 13.2 Å². The van der Waals surface area contributed by atoms with Crippen molar-refractivity contribution >= 4 is 5.91 Å². The van der Waals surface area contributed by atoms with Gasteiger partial charge in [0.05, 0.1) is 12.1 Å². The maximum absolute atomic E-state index is 12.1. The molecule has 0 aliphatic rings. The number of rotatable bonds is 3. The lowest BCUT2D eigenvalue weighted by molar-refractivity contribution is 0.0774. The van der Waals surface area contributed by atoms with E-state index in [0.29, 0.717) is 17.8 Å². The highest BCUT2D eigenvalue weighted by Gasteiger charge is 2.13. The predicted octanol–water partition coefficient (Wildman–Crippen LogP) is 2.13. The van der Waals surface area contributed by atoms with Crippen molar-refractivity contribution in [1.82, 2.24) is 9.88 Å². The summed E-state index contributed by atoms with van der Waals surface area (Å²) < 4.78 is 5.42. The molecule has 5 heteroatoms. The Morgan fingerprint density at radius 3 is 2.74 bits per heavy atom. The van der Waals surface area contributed by atoms with Crippen LogP contribution in [0.1, 0.15) is 27.6 Å². The summed E-state index contributed by atoms with van der Waals surface area (Å²) in [5.41, 5.74) is 0.741. The number of hydrogen-bond donors (Lipinski definition) is 0. The van der Waals surface area contributed by atoms with Gasteiger partial charge < -0.3 is 9.32 Å². The van der Waals surface area contributed by atoms with Gasteiger partial charge in [-0.2, -0.15) is 5.26 Å². The highest BCUT2D eigenvalue weighted by Crippen LogP contribution is 2.11. The number of aromatic nitrogens is 1. The first-order chi connectivity index (χ1) is 9.10. The fourth-order valence-electron chi connectivity index (χ4n) is 1.68. The van der Waals surface area contributed by atoms with Crippen LogP contribution >= 0.6 is 0 Å². The van der Waals surface area contributed by atoms with E-state index in [1.54, 1.807) is 18.0 Å². The largest absolute Gasteiger partial charge is 0.464 e. The van der Waals surface area contributed by atoms with Gasteiger partial charge in [-0.3, -0.25) is 4.79 Å². The zero-order valence-electron chi connectivity index (χ0n) is 10.8. The number of furan rings is 1. The molecule has 0 saturated heterocycles. The Hall–Kier alpha value is -2.61. The second-order valence-corrected chi connectivity index (χ2v) is 4.22. The van der Waals surface area contributed by atoms with Crippen LogP contribution in [-0.2, 0) is 6.54 Å². The van der Waals surface area contributed by atoms with Gasteiger partial charge in [-0.15, -0.1) is 0 Å². The van der Waals surface area contributed by atoms with Gasteiger partial charge in [-0.25, -0.2) is 4.98 Å². The SMILES string of the molecule is Cc1ccc(CN(C)C(=O)c2ccc(C#N)nc2)o1. The van der Waals surface area contributed by atoms with Crippen molar-refractivity contribution in [3.8, 4) is 6.07 Å². The van der Waals surface area contributed by atoms with Crippen LogP contribution < -0.4 is 0 Å². The smallest absolute Gasteiger partial charge is 0.255 e. The average molecular weight is 255 g/mol. The molecule has 0 radical (unpaired) electrons. The summed E-state index contributed by atoms with van der Waals surface area (Å²) >= 11 is 0. The van der Waals surface area contributed by atoms with E-state index in [-0.39, 0.29) is 5.91 Å². The number of nitriles is 1. The van der Waals surface area contributed by atoms with Crippen LogP contribution in [0.3, 0.4) is 0 Å². The number of nitrogens with zero attached hydrogens (tertiary/aromatic N) is 3.